The van der Waals surface area contributed by atoms with E-state index < -0.39 is 11.9 Å². The minimum atomic E-state index is -0.905. The Morgan fingerprint density at radius 2 is 1.78 bits per heavy atom. The average molecular weight is 318 g/mol. The highest BCUT2D eigenvalue weighted by Crippen LogP contribution is 2.21. The molecule has 122 valence electrons. The molecule has 2 aromatic carbocycles. The fourth-order valence-electron chi connectivity index (χ4n) is 2.04. The minimum Gasteiger partial charge on any atom is -0.490 e. The first kappa shape index (κ1) is 17.0. The number of aryl methyl sites for hydroxylation is 1. The molecule has 0 spiro atoms. The topological polar surface area (TPSA) is 55.8 Å². The van der Waals surface area contributed by atoms with Gasteiger partial charge in [-0.15, -0.1) is 0 Å². The summed E-state index contributed by atoms with van der Waals surface area (Å²) in [5.74, 6) is 0.0653. The molecule has 0 aliphatic rings. The van der Waals surface area contributed by atoms with Gasteiger partial charge in [0.2, 0.25) is 0 Å². The van der Waals surface area contributed by atoms with Crippen LogP contribution in [0.2, 0.25) is 0 Å². The number of halogens is 1. The second kappa shape index (κ2) is 7.74. The quantitative estimate of drug-likeness (QED) is 0.797. The summed E-state index contributed by atoms with van der Waals surface area (Å²) < 4.78 is 24.2. The molecule has 23 heavy (non-hydrogen) atoms. The monoisotopic (exact) mass is 318 g/mol. The summed E-state index contributed by atoms with van der Waals surface area (Å²) in [6, 6.07) is 11.1. The molecule has 0 saturated heterocycles. The zero-order valence-electron chi connectivity index (χ0n) is 13.1. The maximum absolute atomic E-state index is 13.3. The third kappa shape index (κ3) is 4.79. The van der Waals surface area contributed by atoms with Crippen LogP contribution in [0.15, 0.2) is 42.5 Å². The molecule has 1 unspecified atom stereocenters. The smallest absolute Gasteiger partial charge is 0.163 e. The predicted octanol–water partition coefficient (Wildman–Crippen LogP) is 3.16. The van der Waals surface area contributed by atoms with Crippen molar-refractivity contribution < 1.29 is 23.8 Å². The van der Waals surface area contributed by atoms with Gasteiger partial charge in [-0.2, -0.15) is 0 Å². The van der Waals surface area contributed by atoms with Gasteiger partial charge in [-0.3, -0.25) is 4.79 Å². The van der Waals surface area contributed by atoms with Gasteiger partial charge >= 0.3 is 0 Å². The van der Waals surface area contributed by atoms with Gasteiger partial charge in [0.05, 0.1) is 5.56 Å². The number of carbonyl (C=O) groups is 1. The molecule has 4 nitrogen and oxygen atoms in total. The zero-order valence-corrected chi connectivity index (χ0v) is 13.1. The largest absolute Gasteiger partial charge is 0.490 e. The lowest BCUT2D eigenvalue weighted by molar-refractivity contribution is 0.0617. The number of benzene rings is 2. The number of hydrogen-bond acceptors (Lipinski definition) is 4. The number of aliphatic hydroxyl groups excluding tert-OH is 1. The summed E-state index contributed by atoms with van der Waals surface area (Å²) in [5.41, 5.74) is 1.24. The molecule has 0 aliphatic heterocycles. The SMILES string of the molecule is CC(=O)c1ccc(F)cc1OCC(O)COc1ccccc1C. The van der Waals surface area contributed by atoms with E-state index in [9.17, 15) is 14.3 Å². The lowest BCUT2D eigenvalue weighted by atomic mass is 10.1. The lowest BCUT2D eigenvalue weighted by Gasteiger charge is -2.16. The van der Waals surface area contributed by atoms with Crippen LogP contribution < -0.4 is 9.47 Å². The first-order valence-electron chi connectivity index (χ1n) is 7.27. The van der Waals surface area contributed by atoms with Crippen molar-refractivity contribution in [3.63, 3.8) is 0 Å². The Hall–Kier alpha value is -2.40. The Labute approximate surface area is 134 Å². The van der Waals surface area contributed by atoms with Crippen LogP contribution in [0.4, 0.5) is 4.39 Å². The number of ether oxygens (including phenoxy) is 2. The molecule has 0 aliphatic carbocycles. The van der Waals surface area contributed by atoms with Crippen LogP contribution in [-0.4, -0.2) is 30.2 Å². The Morgan fingerprint density at radius 1 is 1.13 bits per heavy atom. The summed E-state index contributed by atoms with van der Waals surface area (Å²) in [6.45, 7) is 3.22. The molecule has 0 fully saturated rings. The Morgan fingerprint density at radius 3 is 2.43 bits per heavy atom. The lowest BCUT2D eigenvalue weighted by Crippen LogP contribution is -2.25. The molecule has 0 aromatic heterocycles. The number of hydrogen-bond donors (Lipinski definition) is 1. The number of rotatable bonds is 7. The van der Waals surface area contributed by atoms with Gasteiger partial charge in [0.25, 0.3) is 0 Å². The highest BCUT2D eigenvalue weighted by atomic mass is 19.1. The fourth-order valence-corrected chi connectivity index (χ4v) is 2.04. The van der Waals surface area contributed by atoms with Crippen molar-refractivity contribution in [2.75, 3.05) is 13.2 Å². The maximum Gasteiger partial charge on any atom is 0.163 e. The number of ketones is 1. The molecule has 0 amide bonds. The van der Waals surface area contributed by atoms with Gasteiger partial charge in [-0.25, -0.2) is 4.39 Å². The van der Waals surface area contributed by atoms with Gasteiger partial charge in [0.15, 0.2) is 5.78 Å². The van der Waals surface area contributed by atoms with Crippen molar-refractivity contribution in [2.24, 2.45) is 0 Å². The van der Waals surface area contributed by atoms with Crippen LogP contribution in [0, 0.1) is 12.7 Å². The Bertz CT molecular complexity index is 684. The Balaban J connectivity index is 1.92. The molecular weight excluding hydrogens is 299 g/mol. The van der Waals surface area contributed by atoms with Gasteiger partial charge in [-0.1, -0.05) is 18.2 Å². The molecule has 0 saturated carbocycles. The summed E-state index contributed by atoms with van der Waals surface area (Å²) in [4.78, 5) is 11.5. The average Bonchev–Trinajstić information content (AvgIpc) is 2.52. The first-order valence-corrected chi connectivity index (χ1v) is 7.27. The van der Waals surface area contributed by atoms with Crippen LogP contribution in [0.1, 0.15) is 22.8 Å². The van der Waals surface area contributed by atoms with Crippen molar-refractivity contribution in [1.29, 1.82) is 0 Å². The molecule has 5 heteroatoms. The third-order valence-corrected chi connectivity index (χ3v) is 3.28. The van der Waals surface area contributed by atoms with E-state index in [1.807, 2.05) is 31.2 Å². The van der Waals surface area contributed by atoms with E-state index >= 15 is 0 Å². The van der Waals surface area contributed by atoms with E-state index in [1.54, 1.807) is 0 Å². The molecular formula is C18H19FO4. The van der Waals surface area contributed by atoms with Crippen LogP contribution in [-0.2, 0) is 0 Å². The van der Waals surface area contributed by atoms with E-state index in [0.717, 1.165) is 11.6 Å². The molecule has 1 N–H and O–H groups in total. The number of Topliss-reactive ketones (excluding diaryl/α,β-unsaturated/α-hetero) is 1. The fraction of sp³-hybridized carbons (Fsp3) is 0.278. The molecule has 2 rings (SSSR count). The van der Waals surface area contributed by atoms with Crippen LogP contribution in [0.25, 0.3) is 0 Å². The van der Waals surface area contributed by atoms with Crippen molar-refractivity contribution in [2.45, 2.75) is 20.0 Å². The molecule has 1 atom stereocenters. The summed E-state index contributed by atoms with van der Waals surface area (Å²) in [7, 11) is 0. The van der Waals surface area contributed by atoms with E-state index in [2.05, 4.69) is 0 Å². The molecule has 0 heterocycles. The van der Waals surface area contributed by atoms with Gasteiger partial charge in [0.1, 0.15) is 36.6 Å². The van der Waals surface area contributed by atoms with E-state index in [1.165, 1.54) is 19.1 Å². The van der Waals surface area contributed by atoms with Crippen LogP contribution in [0.5, 0.6) is 11.5 Å². The number of para-hydroxylation sites is 1. The highest BCUT2D eigenvalue weighted by molar-refractivity contribution is 5.96. The highest BCUT2D eigenvalue weighted by Gasteiger charge is 2.13. The third-order valence-electron chi connectivity index (χ3n) is 3.28. The molecule has 0 radical (unpaired) electrons. The van der Waals surface area contributed by atoms with Crippen molar-refractivity contribution in [3.05, 3.63) is 59.4 Å². The van der Waals surface area contributed by atoms with Crippen molar-refractivity contribution in [1.82, 2.24) is 0 Å². The van der Waals surface area contributed by atoms with E-state index in [0.29, 0.717) is 5.75 Å². The normalized spacial score (nSPS) is 11.8. The number of aliphatic hydroxyl groups is 1. The summed E-state index contributed by atoms with van der Waals surface area (Å²) in [6.07, 6.45) is -0.905. The van der Waals surface area contributed by atoms with Gasteiger partial charge in [-0.05, 0) is 37.6 Å². The second-order valence-corrected chi connectivity index (χ2v) is 5.24. The second-order valence-electron chi connectivity index (χ2n) is 5.24. The zero-order chi connectivity index (χ0) is 16.8. The Kier molecular flexibility index (Phi) is 5.71. The van der Waals surface area contributed by atoms with Crippen LogP contribution >= 0.6 is 0 Å². The predicted molar refractivity (Wildman–Crippen MR) is 84.6 cm³/mol. The van der Waals surface area contributed by atoms with Crippen molar-refractivity contribution in [3.8, 4) is 11.5 Å². The molecule has 0 bridgehead atoms. The van der Waals surface area contributed by atoms with Gasteiger partial charge < -0.3 is 14.6 Å². The van der Waals surface area contributed by atoms with Crippen LogP contribution in [0.3, 0.4) is 0 Å². The number of carbonyl (C=O) groups excluding carboxylic acids is 1. The summed E-state index contributed by atoms with van der Waals surface area (Å²) >= 11 is 0. The minimum absolute atomic E-state index is 0.0373. The summed E-state index contributed by atoms with van der Waals surface area (Å²) in [5, 5.41) is 9.93. The van der Waals surface area contributed by atoms with E-state index in [-0.39, 0.29) is 30.3 Å². The maximum atomic E-state index is 13.3. The molecule has 2 aromatic rings. The van der Waals surface area contributed by atoms with E-state index in [4.69, 9.17) is 9.47 Å². The standard InChI is InChI=1S/C18H19FO4/c1-12-5-3-4-6-17(12)22-10-15(21)11-23-18-9-14(19)7-8-16(18)13(2)20/h3-9,15,21H,10-11H2,1-2H3. The van der Waals surface area contributed by atoms with Crippen molar-refractivity contribution >= 4 is 5.78 Å². The van der Waals surface area contributed by atoms with Gasteiger partial charge in [0, 0.05) is 6.07 Å². The first-order chi connectivity index (χ1) is 11.0.